The molecular weight excluding hydrogens is 378 g/mol. The molecule has 168 valence electrons. The lowest BCUT2D eigenvalue weighted by Crippen LogP contribution is -2.52. The summed E-state index contributed by atoms with van der Waals surface area (Å²) >= 11 is 0. The molecule has 2 atom stereocenters. The fourth-order valence-corrected chi connectivity index (χ4v) is 2.35. The first kappa shape index (κ1) is 26.9. The van der Waals surface area contributed by atoms with Crippen molar-refractivity contribution in [3.63, 3.8) is 0 Å². The van der Waals surface area contributed by atoms with Gasteiger partial charge in [-0.15, -0.1) is 6.58 Å². The second-order valence-electron chi connectivity index (χ2n) is 8.70. The summed E-state index contributed by atoms with van der Waals surface area (Å²) in [5, 5.41) is 10.1. The number of aliphatic hydroxyl groups is 1. The summed E-state index contributed by atoms with van der Waals surface area (Å²) in [6, 6.07) is -1.28. The lowest BCUT2D eigenvalue weighted by atomic mass is 10.0. The monoisotopic (exact) mass is 415 g/mol. The van der Waals surface area contributed by atoms with Gasteiger partial charge in [0.15, 0.2) is 0 Å². The van der Waals surface area contributed by atoms with Crippen LogP contribution >= 0.6 is 0 Å². The van der Waals surface area contributed by atoms with Crippen LogP contribution in [0.15, 0.2) is 12.7 Å². The van der Waals surface area contributed by atoms with Gasteiger partial charge in [-0.05, 0) is 74.1 Å². The molecule has 0 saturated carbocycles. The van der Waals surface area contributed by atoms with E-state index in [1.807, 2.05) is 0 Å². The SMILES string of the molecule is C=CCCC(O)CCC(C(=O)OCC)N(C(=O)OC(C)(C)C)C(=O)OC(C)(C)C. The number of carbonyl (C=O) groups is 3. The largest absolute Gasteiger partial charge is 0.464 e. The van der Waals surface area contributed by atoms with Crippen LogP contribution in [-0.4, -0.2) is 58.1 Å². The number of amides is 2. The van der Waals surface area contributed by atoms with Crippen LogP contribution in [0.25, 0.3) is 0 Å². The van der Waals surface area contributed by atoms with Gasteiger partial charge in [-0.2, -0.15) is 4.90 Å². The topological polar surface area (TPSA) is 102 Å². The fourth-order valence-electron chi connectivity index (χ4n) is 2.35. The molecule has 1 N–H and O–H groups in total. The van der Waals surface area contributed by atoms with E-state index < -0.39 is 41.5 Å². The van der Waals surface area contributed by atoms with Gasteiger partial charge in [0, 0.05) is 0 Å². The Morgan fingerprint density at radius 1 is 0.966 bits per heavy atom. The summed E-state index contributed by atoms with van der Waals surface area (Å²) in [7, 11) is 0. The Hall–Kier alpha value is -2.09. The van der Waals surface area contributed by atoms with Crippen LogP contribution in [0.1, 0.15) is 74.1 Å². The quantitative estimate of drug-likeness (QED) is 0.342. The average molecular weight is 416 g/mol. The molecule has 8 nitrogen and oxygen atoms in total. The predicted molar refractivity (Wildman–Crippen MR) is 109 cm³/mol. The van der Waals surface area contributed by atoms with Crippen molar-refractivity contribution >= 4 is 18.2 Å². The first-order chi connectivity index (χ1) is 13.2. The summed E-state index contributed by atoms with van der Waals surface area (Å²) in [5.74, 6) is -0.764. The van der Waals surface area contributed by atoms with Crippen molar-refractivity contribution in [1.29, 1.82) is 0 Å². The van der Waals surface area contributed by atoms with Gasteiger partial charge in [-0.1, -0.05) is 6.08 Å². The van der Waals surface area contributed by atoms with Crippen molar-refractivity contribution < 1.29 is 33.7 Å². The van der Waals surface area contributed by atoms with Gasteiger partial charge in [0.1, 0.15) is 17.2 Å². The van der Waals surface area contributed by atoms with Gasteiger partial charge < -0.3 is 19.3 Å². The first-order valence-corrected chi connectivity index (χ1v) is 9.92. The average Bonchev–Trinajstić information content (AvgIpc) is 2.53. The first-order valence-electron chi connectivity index (χ1n) is 9.92. The van der Waals surface area contributed by atoms with E-state index in [2.05, 4.69) is 6.58 Å². The Morgan fingerprint density at radius 3 is 1.83 bits per heavy atom. The molecule has 0 radical (unpaired) electrons. The van der Waals surface area contributed by atoms with Crippen LogP contribution in [0.2, 0.25) is 0 Å². The van der Waals surface area contributed by atoms with E-state index in [0.717, 1.165) is 0 Å². The molecule has 0 fully saturated rings. The Balaban J connectivity index is 5.77. The molecule has 0 aliphatic rings. The smallest absolute Gasteiger partial charge is 0.420 e. The minimum absolute atomic E-state index is 0.00955. The van der Waals surface area contributed by atoms with Gasteiger partial charge in [0.25, 0.3) is 0 Å². The summed E-state index contributed by atoms with van der Waals surface area (Å²) in [5.41, 5.74) is -1.78. The number of imide groups is 1. The van der Waals surface area contributed by atoms with Gasteiger partial charge in [-0.25, -0.2) is 14.4 Å². The third kappa shape index (κ3) is 11.5. The molecule has 0 bridgehead atoms. The lowest BCUT2D eigenvalue weighted by molar-refractivity contribution is -0.149. The zero-order valence-corrected chi connectivity index (χ0v) is 18.8. The van der Waals surface area contributed by atoms with Crippen molar-refractivity contribution in [2.24, 2.45) is 0 Å². The highest BCUT2D eigenvalue weighted by atomic mass is 16.6. The summed E-state index contributed by atoms with van der Waals surface area (Å²) < 4.78 is 15.7. The molecule has 0 aliphatic carbocycles. The molecule has 0 aromatic heterocycles. The Morgan fingerprint density at radius 2 is 1.45 bits per heavy atom. The Kier molecular flexibility index (Phi) is 11.0. The van der Waals surface area contributed by atoms with Crippen molar-refractivity contribution in [3.8, 4) is 0 Å². The van der Waals surface area contributed by atoms with E-state index in [1.165, 1.54) is 0 Å². The van der Waals surface area contributed by atoms with Crippen LogP contribution in [0.4, 0.5) is 9.59 Å². The van der Waals surface area contributed by atoms with Gasteiger partial charge in [-0.3, -0.25) is 0 Å². The predicted octanol–water partition coefficient (Wildman–Crippen LogP) is 4.20. The number of ether oxygens (including phenoxy) is 3. The minimum atomic E-state index is -1.28. The third-order valence-corrected chi connectivity index (χ3v) is 3.53. The zero-order valence-electron chi connectivity index (χ0n) is 18.8. The fraction of sp³-hybridized carbons (Fsp3) is 0.762. The van der Waals surface area contributed by atoms with Gasteiger partial charge in [0.2, 0.25) is 0 Å². The molecule has 2 amide bonds. The molecule has 0 spiro atoms. The van der Waals surface area contributed by atoms with Crippen molar-refractivity contribution in [2.45, 2.75) is 97.5 Å². The molecule has 0 aromatic carbocycles. The standard InChI is InChI=1S/C21H37NO7/c1-9-11-12-15(23)13-14-16(17(24)27-10-2)22(18(25)28-20(3,4)5)19(26)29-21(6,7)8/h9,15-16,23H,1,10-14H2,2-8H3. The number of hydrogen-bond acceptors (Lipinski definition) is 7. The highest BCUT2D eigenvalue weighted by molar-refractivity contribution is 5.94. The molecule has 29 heavy (non-hydrogen) atoms. The zero-order chi connectivity index (χ0) is 22.8. The van der Waals surface area contributed by atoms with E-state index in [1.54, 1.807) is 54.5 Å². The highest BCUT2D eigenvalue weighted by Crippen LogP contribution is 2.21. The van der Waals surface area contributed by atoms with Crippen molar-refractivity contribution in [1.82, 2.24) is 4.90 Å². The van der Waals surface area contributed by atoms with Crippen molar-refractivity contribution in [2.75, 3.05) is 6.61 Å². The third-order valence-electron chi connectivity index (χ3n) is 3.53. The number of hydrogen-bond donors (Lipinski definition) is 1. The maximum atomic E-state index is 12.8. The van der Waals surface area contributed by atoms with E-state index in [-0.39, 0.29) is 19.4 Å². The maximum absolute atomic E-state index is 12.8. The van der Waals surface area contributed by atoms with Gasteiger partial charge in [0.05, 0.1) is 12.7 Å². The number of allylic oxidation sites excluding steroid dienone is 1. The Labute approximate surface area is 174 Å². The molecule has 0 aromatic rings. The second-order valence-corrected chi connectivity index (χ2v) is 8.70. The maximum Gasteiger partial charge on any atom is 0.420 e. The number of rotatable bonds is 9. The summed E-state index contributed by atoms with van der Waals surface area (Å²) in [4.78, 5) is 38.8. The molecule has 0 aliphatic heterocycles. The van der Waals surface area contributed by atoms with E-state index in [9.17, 15) is 19.5 Å². The van der Waals surface area contributed by atoms with E-state index >= 15 is 0 Å². The van der Waals surface area contributed by atoms with Crippen LogP contribution in [0, 0.1) is 0 Å². The van der Waals surface area contributed by atoms with Crippen LogP contribution in [0.5, 0.6) is 0 Å². The van der Waals surface area contributed by atoms with Crippen LogP contribution < -0.4 is 0 Å². The van der Waals surface area contributed by atoms with Gasteiger partial charge >= 0.3 is 18.2 Å². The number of nitrogens with zero attached hydrogens (tertiary/aromatic N) is 1. The van der Waals surface area contributed by atoms with E-state index in [4.69, 9.17) is 14.2 Å². The summed E-state index contributed by atoms with van der Waals surface area (Å²) in [6.07, 6.45) is 0.194. The molecule has 2 unspecified atom stereocenters. The number of aliphatic hydroxyl groups excluding tert-OH is 1. The minimum Gasteiger partial charge on any atom is -0.464 e. The summed E-state index contributed by atoms with van der Waals surface area (Å²) in [6.45, 7) is 15.2. The molecular formula is C21H37NO7. The number of esters is 1. The highest BCUT2D eigenvalue weighted by Gasteiger charge is 2.41. The normalized spacial score (nSPS) is 13.8. The molecule has 0 heterocycles. The molecule has 8 heteroatoms. The molecule has 0 rings (SSSR count). The van der Waals surface area contributed by atoms with Crippen LogP contribution in [0.3, 0.4) is 0 Å². The van der Waals surface area contributed by atoms with Crippen LogP contribution in [-0.2, 0) is 19.0 Å². The lowest BCUT2D eigenvalue weighted by Gasteiger charge is -2.32. The van der Waals surface area contributed by atoms with E-state index in [0.29, 0.717) is 17.7 Å². The molecule has 0 saturated heterocycles. The second kappa shape index (κ2) is 11.8. The Bertz CT molecular complexity index is 532. The van der Waals surface area contributed by atoms with Crippen molar-refractivity contribution in [3.05, 3.63) is 12.7 Å². The number of carbonyl (C=O) groups excluding carboxylic acids is 3.